The summed E-state index contributed by atoms with van der Waals surface area (Å²) in [7, 11) is 1.67. The SMILES string of the molecule is CCC(COC)NC(=O)C1(C(C)C)CCNC1. The fourth-order valence-corrected chi connectivity index (χ4v) is 2.45. The Balaban J connectivity index is 2.66. The number of methoxy groups -OCH3 is 1. The Morgan fingerprint density at radius 2 is 2.24 bits per heavy atom. The summed E-state index contributed by atoms with van der Waals surface area (Å²) in [5.41, 5.74) is -0.235. The highest BCUT2D eigenvalue weighted by Gasteiger charge is 2.44. The van der Waals surface area contributed by atoms with Gasteiger partial charge in [0.25, 0.3) is 0 Å². The normalized spacial score (nSPS) is 26.2. The van der Waals surface area contributed by atoms with Crippen molar-refractivity contribution in [2.75, 3.05) is 26.8 Å². The Bertz CT molecular complexity index is 248. The molecule has 0 aromatic rings. The van der Waals surface area contributed by atoms with Gasteiger partial charge in [0.05, 0.1) is 18.1 Å². The van der Waals surface area contributed by atoms with Crippen molar-refractivity contribution < 1.29 is 9.53 Å². The van der Waals surface area contributed by atoms with Gasteiger partial charge in [0.15, 0.2) is 0 Å². The van der Waals surface area contributed by atoms with E-state index in [9.17, 15) is 4.79 Å². The average Bonchev–Trinajstić information content (AvgIpc) is 2.78. The minimum absolute atomic E-state index is 0.128. The minimum Gasteiger partial charge on any atom is -0.383 e. The lowest BCUT2D eigenvalue weighted by atomic mass is 9.75. The van der Waals surface area contributed by atoms with E-state index in [4.69, 9.17) is 4.74 Å². The summed E-state index contributed by atoms with van der Waals surface area (Å²) in [6.07, 6.45) is 1.83. The average molecular weight is 242 g/mol. The smallest absolute Gasteiger partial charge is 0.228 e. The van der Waals surface area contributed by atoms with Crippen LogP contribution in [0.3, 0.4) is 0 Å². The van der Waals surface area contributed by atoms with Crippen molar-refractivity contribution in [1.29, 1.82) is 0 Å². The zero-order valence-electron chi connectivity index (χ0n) is 11.5. The molecule has 0 saturated carbocycles. The van der Waals surface area contributed by atoms with E-state index >= 15 is 0 Å². The third-order valence-electron chi connectivity index (χ3n) is 3.94. The summed E-state index contributed by atoms with van der Waals surface area (Å²) in [6, 6.07) is 0.128. The number of amides is 1. The van der Waals surface area contributed by atoms with Crippen LogP contribution in [0.5, 0.6) is 0 Å². The van der Waals surface area contributed by atoms with Crippen molar-refractivity contribution >= 4 is 5.91 Å². The van der Waals surface area contributed by atoms with Crippen LogP contribution in [0.4, 0.5) is 0 Å². The van der Waals surface area contributed by atoms with Crippen LogP contribution >= 0.6 is 0 Å². The quantitative estimate of drug-likeness (QED) is 0.735. The maximum absolute atomic E-state index is 12.4. The molecule has 17 heavy (non-hydrogen) atoms. The van der Waals surface area contributed by atoms with E-state index in [0.29, 0.717) is 12.5 Å². The number of carbonyl (C=O) groups is 1. The Kier molecular flexibility index (Phi) is 5.40. The summed E-state index contributed by atoms with van der Waals surface area (Å²) < 4.78 is 5.12. The second-order valence-electron chi connectivity index (χ2n) is 5.27. The van der Waals surface area contributed by atoms with Crippen molar-refractivity contribution in [3.05, 3.63) is 0 Å². The molecule has 1 aliphatic heterocycles. The van der Waals surface area contributed by atoms with Gasteiger partial charge in [-0.25, -0.2) is 0 Å². The van der Waals surface area contributed by atoms with Crippen LogP contribution in [0.15, 0.2) is 0 Å². The fourth-order valence-electron chi connectivity index (χ4n) is 2.45. The Labute approximate surface area is 104 Å². The van der Waals surface area contributed by atoms with Gasteiger partial charge in [0.1, 0.15) is 0 Å². The first-order valence-corrected chi connectivity index (χ1v) is 6.57. The van der Waals surface area contributed by atoms with Crippen molar-refractivity contribution in [1.82, 2.24) is 10.6 Å². The van der Waals surface area contributed by atoms with Crippen molar-refractivity contribution in [2.45, 2.75) is 39.7 Å². The topological polar surface area (TPSA) is 50.4 Å². The molecule has 1 heterocycles. The van der Waals surface area contributed by atoms with Crippen molar-refractivity contribution in [3.63, 3.8) is 0 Å². The molecule has 4 heteroatoms. The zero-order valence-corrected chi connectivity index (χ0v) is 11.5. The fraction of sp³-hybridized carbons (Fsp3) is 0.923. The predicted molar refractivity (Wildman–Crippen MR) is 68.9 cm³/mol. The molecule has 1 fully saturated rings. The molecule has 1 aliphatic rings. The second kappa shape index (κ2) is 6.36. The molecule has 0 aromatic heterocycles. The summed E-state index contributed by atoms with van der Waals surface area (Å²) in [5.74, 6) is 0.541. The lowest BCUT2D eigenvalue weighted by Gasteiger charge is -2.32. The van der Waals surface area contributed by atoms with Gasteiger partial charge in [0, 0.05) is 13.7 Å². The Hall–Kier alpha value is -0.610. The van der Waals surface area contributed by atoms with E-state index < -0.39 is 0 Å². The molecular weight excluding hydrogens is 216 g/mol. The number of rotatable bonds is 6. The highest BCUT2D eigenvalue weighted by atomic mass is 16.5. The molecule has 2 atom stereocenters. The number of hydrogen-bond donors (Lipinski definition) is 2. The Morgan fingerprint density at radius 3 is 2.65 bits per heavy atom. The van der Waals surface area contributed by atoms with Crippen molar-refractivity contribution in [2.24, 2.45) is 11.3 Å². The number of hydrogen-bond acceptors (Lipinski definition) is 3. The number of nitrogens with one attached hydrogen (secondary N) is 2. The van der Waals surface area contributed by atoms with Gasteiger partial charge in [-0.05, 0) is 25.3 Å². The van der Waals surface area contributed by atoms with Gasteiger partial charge in [-0.15, -0.1) is 0 Å². The minimum atomic E-state index is -0.235. The largest absolute Gasteiger partial charge is 0.383 e. The molecule has 0 aliphatic carbocycles. The van der Waals surface area contributed by atoms with Crippen LogP contribution in [0.1, 0.15) is 33.6 Å². The van der Waals surface area contributed by atoms with Crippen LogP contribution in [0, 0.1) is 11.3 Å². The number of carbonyl (C=O) groups excluding carboxylic acids is 1. The standard InChI is InChI=1S/C13H26N2O2/c1-5-11(8-17-4)15-12(16)13(10(2)3)6-7-14-9-13/h10-11,14H,5-9H2,1-4H3,(H,15,16). The first kappa shape index (κ1) is 14.5. The highest BCUT2D eigenvalue weighted by Crippen LogP contribution is 2.34. The molecule has 1 rings (SSSR count). The predicted octanol–water partition coefficient (Wildman–Crippen LogP) is 1.16. The van der Waals surface area contributed by atoms with Gasteiger partial charge in [-0.1, -0.05) is 20.8 Å². The molecule has 4 nitrogen and oxygen atoms in total. The van der Waals surface area contributed by atoms with Gasteiger partial charge in [-0.3, -0.25) is 4.79 Å². The van der Waals surface area contributed by atoms with Crippen LogP contribution in [-0.4, -0.2) is 38.8 Å². The number of ether oxygens (including phenoxy) is 1. The zero-order chi connectivity index (χ0) is 12.9. The summed E-state index contributed by atoms with van der Waals surface area (Å²) in [6.45, 7) is 8.64. The first-order chi connectivity index (χ1) is 8.06. The van der Waals surface area contributed by atoms with Gasteiger partial charge < -0.3 is 15.4 Å². The summed E-state index contributed by atoms with van der Waals surface area (Å²) >= 11 is 0. The second-order valence-corrected chi connectivity index (χ2v) is 5.27. The summed E-state index contributed by atoms with van der Waals surface area (Å²) in [5, 5.41) is 6.43. The lowest BCUT2D eigenvalue weighted by Crippen LogP contribution is -2.50. The third kappa shape index (κ3) is 3.19. The monoisotopic (exact) mass is 242 g/mol. The van der Waals surface area contributed by atoms with E-state index in [2.05, 4.69) is 31.4 Å². The Morgan fingerprint density at radius 1 is 1.53 bits per heavy atom. The maximum Gasteiger partial charge on any atom is 0.228 e. The molecule has 0 aromatic carbocycles. The molecule has 2 N–H and O–H groups in total. The molecule has 0 bridgehead atoms. The van der Waals surface area contributed by atoms with E-state index in [1.54, 1.807) is 7.11 Å². The molecule has 2 unspecified atom stereocenters. The molecule has 0 radical (unpaired) electrons. The van der Waals surface area contributed by atoms with Crippen LogP contribution in [0.25, 0.3) is 0 Å². The van der Waals surface area contributed by atoms with Crippen LogP contribution in [0.2, 0.25) is 0 Å². The lowest BCUT2D eigenvalue weighted by molar-refractivity contribution is -0.133. The van der Waals surface area contributed by atoms with Crippen LogP contribution < -0.4 is 10.6 Å². The molecule has 1 saturated heterocycles. The van der Waals surface area contributed by atoms with E-state index in [0.717, 1.165) is 25.9 Å². The first-order valence-electron chi connectivity index (χ1n) is 6.57. The van der Waals surface area contributed by atoms with E-state index in [-0.39, 0.29) is 17.4 Å². The molecule has 100 valence electrons. The van der Waals surface area contributed by atoms with Gasteiger partial charge in [-0.2, -0.15) is 0 Å². The molecule has 0 spiro atoms. The third-order valence-corrected chi connectivity index (χ3v) is 3.94. The molecule has 1 amide bonds. The maximum atomic E-state index is 12.4. The molecular formula is C13H26N2O2. The highest BCUT2D eigenvalue weighted by molar-refractivity contribution is 5.83. The van der Waals surface area contributed by atoms with Crippen LogP contribution in [-0.2, 0) is 9.53 Å². The van der Waals surface area contributed by atoms with E-state index in [1.165, 1.54) is 0 Å². The van der Waals surface area contributed by atoms with E-state index in [1.807, 2.05) is 0 Å². The summed E-state index contributed by atoms with van der Waals surface area (Å²) in [4.78, 5) is 12.4. The van der Waals surface area contributed by atoms with Crippen molar-refractivity contribution in [3.8, 4) is 0 Å². The van der Waals surface area contributed by atoms with Gasteiger partial charge >= 0.3 is 0 Å². The van der Waals surface area contributed by atoms with Gasteiger partial charge in [0.2, 0.25) is 5.91 Å².